The summed E-state index contributed by atoms with van der Waals surface area (Å²) in [7, 11) is 0. The summed E-state index contributed by atoms with van der Waals surface area (Å²) in [6.07, 6.45) is 1.19. The maximum atomic E-state index is 2.46. The van der Waals surface area contributed by atoms with E-state index in [-0.39, 0.29) is 10.8 Å². The standard InChI is InChI=1S/C22H20S2/c1-21(2)13-22(3,18-12-14-8-4-6-10-16(14)23-18)19-15-9-5-7-11-17(15)24-20(19)21/h4-12H,13H2,1-3H3. The molecule has 24 heavy (non-hydrogen) atoms. The zero-order valence-corrected chi connectivity index (χ0v) is 15.9. The van der Waals surface area contributed by atoms with E-state index < -0.39 is 0 Å². The first-order chi connectivity index (χ1) is 11.5. The van der Waals surface area contributed by atoms with Crippen molar-refractivity contribution in [1.29, 1.82) is 0 Å². The molecule has 0 nitrogen and oxygen atoms in total. The van der Waals surface area contributed by atoms with Crippen LogP contribution in [-0.4, -0.2) is 0 Å². The Hall–Kier alpha value is -1.64. The zero-order chi connectivity index (χ0) is 16.5. The van der Waals surface area contributed by atoms with Gasteiger partial charge in [0.2, 0.25) is 0 Å². The summed E-state index contributed by atoms with van der Waals surface area (Å²) in [5, 5.41) is 2.84. The highest BCUT2D eigenvalue weighted by atomic mass is 32.1. The van der Waals surface area contributed by atoms with Gasteiger partial charge in [-0.05, 0) is 41.0 Å². The second kappa shape index (κ2) is 4.71. The Morgan fingerprint density at radius 3 is 2.33 bits per heavy atom. The van der Waals surface area contributed by atoms with E-state index in [4.69, 9.17) is 0 Å². The van der Waals surface area contributed by atoms with Crippen molar-refractivity contribution in [2.45, 2.75) is 38.0 Å². The third kappa shape index (κ3) is 1.84. The van der Waals surface area contributed by atoms with Crippen LogP contribution in [0.1, 0.15) is 42.5 Å². The summed E-state index contributed by atoms with van der Waals surface area (Å²) in [5.74, 6) is 0. The summed E-state index contributed by atoms with van der Waals surface area (Å²) in [4.78, 5) is 3.10. The van der Waals surface area contributed by atoms with Crippen molar-refractivity contribution in [3.8, 4) is 0 Å². The Bertz CT molecular complexity index is 1050. The van der Waals surface area contributed by atoms with E-state index in [9.17, 15) is 0 Å². The molecule has 2 aromatic heterocycles. The lowest BCUT2D eigenvalue weighted by Gasteiger charge is -2.27. The molecule has 1 aliphatic rings. The minimum atomic E-state index is 0.113. The third-order valence-corrected chi connectivity index (χ3v) is 8.44. The van der Waals surface area contributed by atoms with E-state index in [2.05, 4.69) is 75.4 Å². The minimum Gasteiger partial charge on any atom is -0.139 e. The first-order valence-electron chi connectivity index (χ1n) is 8.51. The number of hydrogen-bond donors (Lipinski definition) is 0. The van der Waals surface area contributed by atoms with E-state index in [1.54, 1.807) is 10.4 Å². The van der Waals surface area contributed by atoms with Crippen molar-refractivity contribution in [2.75, 3.05) is 0 Å². The molecule has 0 fully saturated rings. The van der Waals surface area contributed by atoms with Gasteiger partial charge >= 0.3 is 0 Å². The molecule has 0 aliphatic heterocycles. The number of hydrogen-bond acceptors (Lipinski definition) is 2. The molecule has 0 N–H and O–H groups in total. The van der Waals surface area contributed by atoms with Gasteiger partial charge in [0.1, 0.15) is 0 Å². The zero-order valence-electron chi connectivity index (χ0n) is 14.2. The van der Waals surface area contributed by atoms with E-state index >= 15 is 0 Å². The Morgan fingerprint density at radius 2 is 1.54 bits per heavy atom. The van der Waals surface area contributed by atoms with Gasteiger partial charge in [0.05, 0.1) is 0 Å². The Labute approximate surface area is 150 Å². The molecule has 4 aromatic rings. The molecule has 5 rings (SSSR count). The quantitative estimate of drug-likeness (QED) is 0.344. The predicted molar refractivity (Wildman–Crippen MR) is 108 cm³/mol. The second-order valence-electron chi connectivity index (χ2n) is 7.84. The summed E-state index contributed by atoms with van der Waals surface area (Å²) in [5.41, 5.74) is 1.94. The lowest BCUT2D eigenvalue weighted by Crippen LogP contribution is -2.22. The smallest absolute Gasteiger partial charge is 0.0349 e. The summed E-state index contributed by atoms with van der Waals surface area (Å²) in [6.45, 7) is 7.30. The van der Waals surface area contributed by atoms with Crippen LogP contribution < -0.4 is 0 Å². The fourth-order valence-corrected chi connectivity index (χ4v) is 7.23. The molecule has 0 radical (unpaired) electrons. The van der Waals surface area contributed by atoms with Crippen molar-refractivity contribution in [1.82, 2.24) is 0 Å². The maximum absolute atomic E-state index is 2.46. The minimum absolute atomic E-state index is 0.113. The van der Waals surface area contributed by atoms with Gasteiger partial charge in [-0.3, -0.25) is 0 Å². The molecule has 2 heteroatoms. The van der Waals surface area contributed by atoms with E-state index in [0.717, 1.165) is 0 Å². The van der Waals surface area contributed by atoms with Crippen LogP contribution in [0.25, 0.3) is 20.2 Å². The third-order valence-electron chi connectivity index (χ3n) is 5.53. The number of rotatable bonds is 1. The number of fused-ring (bicyclic) bond motifs is 4. The van der Waals surface area contributed by atoms with Crippen molar-refractivity contribution in [2.24, 2.45) is 0 Å². The topological polar surface area (TPSA) is 0 Å². The van der Waals surface area contributed by atoms with Crippen LogP contribution in [0.15, 0.2) is 54.6 Å². The fraction of sp³-hybridized carbons (Fsp3) is 0.273. The molecular formula is C22H20S2. The average molecular weight is 349 g/mol. The van der Waals surface area contributed by atoms with Gasteiger partial charge in [0, 0.05) is 30.0 Å². The van der Waals surface area contributed by atoms with Gasteiger partial charge in [0.25, 0.3) is 0 Å². The van der Waals surface area contributed by atoms with Crippen LogP contribution in [0.3, 0.4) is 0 Å². The van der Waals surface area contributed by atoms with Crippen LogP contribution >= 0.6 is 22.7 Å². The van der Waals surface area contributed by atoms with Gasteiger partial charge in [-0.1, -0.05) is 57.2 Å². The lowest BCUT2D eigenvalue weighted by molar-refractivity contribution is 0.433. The van der Waals surface area contributed by atoms with Crippen LogP contribution in [0.4, 0.5) is 0 Å². The first-order valence-corrected chi connectivity index (χ1v) is 10.1. The van der Waals surface area contributed by atoms with Crippen LogP contribution in [-0.2, 0) is 10.8 Å². The van der Waals surface area contributed by atoms with Crippen LogP contribution in [0, 0.1) is 0 Å². The monoisotopic (exact) mass is 348 g/mol. The predicted octanol–water partition coefficient (Wildman–Crippen LogP) is 7.10. The largest absolute Gasteiger partial charge is 0.139 e. The number of thiophene rings is 2. The second-order valence-corrected chi connectivity index (χ2v) is 9.98. The number of benzene rings is 2. The molecule has 0 saturated heterocycles. The molecule has 0 bridgehead atoms. The normalized spacial score (nSPS) is 22.3. The Kier molecular flexibility index (Phi) is 2.88. The van der Waals surface area contributed by atoms with Gasteiger partial charge in [-0.15, -0.1) is 22.7 Å². The highest BCUT2D eigenvalue weighted by Crippen LogP contribution is 2.59. The van der Waals surface area contributed by atoms with Gasteiger partial charge in [-0.25, -0.2) is 0 Å². The first kappa shape index (κ1) is 14.7. The van der Waals surface area contributed by atoms with Crippen molar-refractivity contribution < 1.29 is 0 Å². The maximum Gasteiger partial charge on any atom is 0.0349 e. The van der Waals surface area contributed by atoms with Gasteiger partial charge < -0.3 is 0 Å². The van der Waals surface area contributed by atoms with E-state index in [1.165, 1.54) is 31.5 Å². The SMILES string of the molecule is CC1(C)CC(C)(c2cc3ccccc3s2)c2c1sc1ccccc21. The van der Waals surface area contributed by atoms with Crippen LogP contribution in [0.2, 0.25) is 0 Å². The molecule has 1 aliphatic carbocycles. The van der Waals surface area contributed by atoms with E-state index in [0.29, 0.717) is 0 Å². The molecule has 2 heterocycles. The van der Waals surface area contributed by atoms with Crippen molar-refractivity contribution in [3.05, 3.63) is 69.9 Å². The Morgan fingerprint density at radius 1 is 0.833 bits per heavy atom. The van der Waals surface area contributed by atoms with Gasteiger partial charge in [-0.2, -0.15) is 0 Å². The molecule has 0 amide bonds. The van der Waals surface area contributed by atoms with Crippen molar-refractivity contribution in [3.63, 3.8) is 0 Å². The highest BCUT2D eigenvalue weighted by molar-refractivity contribution is 7.20. The molecule has 1 unspecified atom stereocenters. The summed E-state index contributed by atoms with van der Waals surface area (Å²) < 4.78 is 2.84. The summed E-state index contributed by atoms with van der Waals surface area (Å²) >= 11 is 3.98. The Balaban J connectivity index is 1.83. The van der Waals surface area contributed by atoms with E-state index in [1.807, 2.05) is 22.7 Å². The molecule has 0 spiro atoms. The van der Waals surface area contributed by atoms with Crippen molar-refractivity contribution >= 4 is 42.8 Å². The lowest BCUT2D eigenvalue weighted by atomic mass is 9.78. The molecular weight excluding hydrogens is 328 g/mol. The molecule has 2 aromatic carbocycles. The molecule has 1 atom stereocenters. The molecule has 120 valence electrons. The molecule has 0 saturated carbocycles. The van der Waals surface area contributed by atoms with Crippen LogP contribution in [0.5, 0.6) is 0 Å². The highest BCUT2D eigenvalue weighted by Gasteiger charge is 2.49. The van der Waals surface area contributed by atoms with Gasteiger partial charge in [0.15, 0.2) is 0 Å². The summed E-state index contributed by atoms with van der Waals surface area (Å²) in [6, 6.07) is 20.2. The fourth-order valence-electron chi connectivity index (χ4n) is 4.59. The average Bonchev–Trinajstić information content (AvgIpc) is 3.20.